The number of benzene rings is 2. The Labute approximate surface area is 199 Å². The van der Waals surface area contributed by atoms with Crippen LogP contribution in [-0.4, -0.2) is 24.2 Å². The number of hydrogen-bond donors (Lipinski definition) is 2. The molecular formula is C24H31BrN2O3S. The smallest absolute Gasteiger partial charge is 0.257 e. The first-order valence-corrected chi connectivity index (χ1v) is 11.7. The molecule has 5 nitrogen and oxygen atoms in total. The third-order valence-electron chi connectivity index (χ3n) is 4.45. The number of carbonyl (C=O) groups excluding carboxylic acids is 1. The molecule has 0 fully saturated rings. The molecule has 0 aliphatic heterocycles. The molecule has 7 heteroatoms. The molecule has 0 saturated carbocycles. The number of rotatable bonds is 10. The molecule has 168 valence electrons. The molecular weight excluding hydrogens is 476 g/mol. The van der Waals surface area contributed by atoms with Crippen LogP contribution in [-0.2, 0) is 0 Å². The summed E-state index contributed by atoms with van der Waals surface area (Å²) in [6.07, 6.45) is 1.98. The van der Waals surface area contributed by atoms with Crippen molar-refractivity contribution in [2.24, 2.45) is 11.8 Å². The van der Waals surface area contributed by atoms with Gasteiger partial charge in [-0.05, 0) is 95.3 Å². The van der Waals surface area contributed by atoms with E-state index in [-0.39, 0.29) is 11.0 Å². The predicted octanol–water partition coefficient (Wildman–Crippen LogP) is 6.43. The van der Waals surface area contributed by atoms with Crippen LogP contribution < -0.4 is 20.1 Å². The summed E-state index contributed by atoms with van der Waals surface area (Å²) >= 11 is 8.74. The van der Waals surface area contributed by atoms with Crippen molar-refractivity contribution in [3.63, 3.8) is 0 Å². The van der Waals surface area contributed by atoms with Gasteiger partial charge in [-0.3, -0.25) is 10.1 Å². The highest BCUT2D eigenvalue weighted by molar-refractivity contribution is 9.10. The quantitative estimate of drug-likeness (QED) is 0.363. The Morgan fingerprint density at radius 3 is 2.16 bits per heavy atom. The van der Waals surface area contributed by atoms with Gasteiger partial charge in [-0.15, -0.1) is 0 Å². The Bertz CT molecular complexity index is 870. The largest absolute Gasteiger partial charge is 0.494 e. The molecule has 0 bridgehead atoms. The van der Waals surface area contributed by atoms with E-state index in [2.05, 4.69) is 54.3 Å². The minimum Gasteiger partial charge on any atom is -0.494 e. The second kappa shape index (κ2) is 12.7. The Kier molecular flexibility index (Phi) is 10.3. The summed E-state index contributed by atoms with van der Waals surface area (Å²) in [4.78, 5) is 12.5. The molecule has 31 heavy (non-hydrogen) atoms. The van der Waals surface area contributed by atoms with Gasteiger partial charge in [0.25, 0.3) is 5.91 Å². The summed E-state index contributed by atoms with van der Waals surface area (Å²) in [5.41, 5.74) is 1.26. The molecule has 2 aromatic carbocycles. The standard InChI is InChI=1S/C24H31BrN2O3S/c1-16(2)11-13-29-20-8-6-19(7-9-20)26-24(31)27-23(28)18-5-10-22(21(25)15-18)30-14-12-17(3)4/h5-10,15-17H,11-14H2,1-4H3,(H2,26,27,28,31). The van der Waals surface area contributed by atoms with Crippen LogP contribution in [0.4, 0.5) is 5.69 Å². The number of amides is 1. The zero-order chi connectivity index (χ0) is 22.8. The first-order valence-electron chi connectivity index (χ1n) is 10.5. The molecule has 2 N–H and O–H groups in total. The summed E-state index contributed by atoms with van der Waals surface area (Å²) < 4.78 is 12.2. The van der Waals surface area contributed by atoms with Crippen molar-refractivity contribution in [3.05, 3.63) is 52.5 Å². The summed E-state index contributed by atoms with van der Waals surface area (Å²) in [7, 11) is 0. The Morgan fingerprint density at radius 1 is 0.968 bits per heavy atom. The van der Waals surface area contributed by atoms with Gasteiger partial charge in [-0.25, -0.2) is 0 Å². The fourth-order valence-electron chi connectivity index (χ4n) is 2.55. The van der Waals surface area contributed by atoms with Gasteiger partial charge in [-0.2, -0.15) is 0 Å². The van der Waals surface area contributed by atoms with Crippen LogP contribution in [0.15, 0.2) is 46.9 Å². The third-order valence-corrected chi connectivity index (χ3v) is 5.27. The summed E-state index contributed by atoms with van der Waals surface area (Å²) in [5, 5.41) is 5.94. The van der Waals surface area contributed by atoms with Crippen LogP contribution >= 0.6 is 28.1 Å². The zero-order valence-electron chi connectivity index (χ0n) is 18.5. The molecule has 0 saturated heterocycles. The Balaban J connectivity index is 1.85. The number of anilines is 1. The topological polar surface area (TPSA) is 59.6 Å². The number of carbonyl (C=O) groups is 1. The lowest BCUT2D eigenvalue weighted by atomic mass is 10.1. The highest BCUT2D eigenvalue weighted by Crippen LogP contribution is 2.26. The van der Waals surface area contributed by atoms with E-state index in [0.717, 1.165) is 28.8 Å². The highest BCUT2D eigenvalue weighted by Gasteiger charge is 2.11. The van der Waals surface area contributed by atoms with Crippen LogP contribution in [0.2, 0.25) is 0 Å². The van der Waals surface area contributed by atoms with Gasteiger partial charge >= 0.3 is 0 Å². The van der Waals surface area contributed by atoms with E-state index in [1.165, 1.54) is 0 Å². The fraction of sp³-hybridized carbons (Fsp3) is 0.417. The predicted molar refractivity (Wildman–Crippen MR) is 134 cm³/mol. The highest BCUT2D eigenvalue weighted by atomic mass is 79.9. The zero-order valence-corrected chi connectivity index (χ0v) is 20.9. The van der Waals surface area contributed by atoms with Crippen LogP contribution in [0.5, 0.6) is 11.5 Å². The van der Waals surface area contributed by atoms with E-state index in [9.17, 15) is 4.79 Å². The molecule has 0 spiro atoms. The van der Waals surface area contributed by atoms with Crippen molar-refractivity contribution in [1.29, 1.82) is 0 Å². The average molecular weight is 507 g/mol. The van der Waals surface area contributed by atoms with Gasteiger partial charge < -0.3 is 14.8 Å². The minimum absolute atomic E-state index is 0.229. The molecule has 0 unspecified atom stereocenters. The lowest BCUT2D eigenvalue weighted by Gasteiger charge is -2.13. The molecule has 0 heterocycles. The van der Waals surface area contributed by atoms with E-state index in [4.69, 9.17) is 21.7 Å². The number of ether oxygens (including phenoxy) is 2. The molecule has 1 amide bonds. The third kappa shape index (κ3) is 9.27. The summed E-state index contributed by atoms with van der Waals surface area (Å²) in [6, 6.07) is 12.7. The van der Waals surface area contributed by atoms with E-state index in [1.807, 2.05) is 24.3 Å². The van der Waals surface area contributed by atoms with Crippen molar-refractivity contribution < 1.29 is 14.3 Å². The second-order valence-electron chi connectivity index (χ2n) is 8.14. The Hall–Kier alpha value is -2.12. The molecule has 2 rings (SSSR count). The Morgan fingerprint density at radius 2 is 1.58 bits per heavy atom. The maximum absolute atomic E-state index is 12.5. The SMILES string of the molecule is CC(C)CCOc1ccc(NC(=S)NC(=O)c2ccc(OCCC(C)C)c(Br)c2)cc1. The number of halogens is 1. The molecule has 0 radical (unpaired) electrons. The fourth-order valence-corrected chi connectivity index (χ4v) is 3.25. The van der Waals surface area contributed by atoms with Crippen LogP contribution in [0.25, 0.3) is 0 Å². The first-order chi connectivity index (χ1) is 14.7. The second-order valence-corrected chi connectivity index (χ2v) is 9.40. The maximum Gasteiger partial charge on any atom is 0.257 e. The normalized spacial score (nSPS) is 10.8. The van der Waals surface area contributed by atoms with Gasteiger partial charge in [0.05, 0.1) is 17.7 Å². The van der Waals surface area contributed by atoms with E-state index in [1.54, 1.807) is 18.2 Å². The monoisotopic (exact) mass is 506 g/mol. The molecule has 0 aromatic heterocycles. The lowest BCUT2D eigenvalue weighted by molar-refractivity contribution is 0.0977. The van der Waals surface area contributed by atoms with Crippen molar-refractivity contribution >= 4 is 44.9 Å². The number of thiocarbonyl (C=S) groups is 1. The van der Waals surface area contributed by atoms with Crippen molar-refractivity contribution in [1.82, 2.24) is 5.32 Å². The molecule has 0 aliphatic carbocycles. The van der Waals surface area contributed by atoms with E-state index >= 15 is 0 Å². The molecule has 0 aliphatic rings. The van der Waals surface area contributed by atoms with Crippen molar-refractivity contribution in [3.8, 4) is 11.5 Å². The first kappa shape index (κ1) is 25.1. The summed E-state index contributed by atoms with van der Waals surface area (Å²) in [6.45, 7) is 9.96. The van der Waals surface area contributed by atoms with E-state index < -0.39 is 0 Å². The van der Waals surface area contributed by atoms with Crippen LogP contribution in [0.3, 0.4) is 0 Å². The van der Waals surface area contributed by atoms with Crippen molar-refractivity contribution in [2.45, 2.75) is 40.5 Å². The molecule has 2 aromatic rings. The van der Waals surface area contributed by atoms with Crippen LogP contribution in [0.1, 0.15) is 50.9 Å². The van der Waals surface area contributed by atoms with Gasteiger partial charge in [0.2, 0.25) is 0 Å². The number of nitrogens with one attached hydrogen (secondary N) is 2. The summed E-state index contributed by atoms with van der Waals surface area (Å²) in [5.74, 6) is 2.41. The average Bonchev–Trinajstić information content (AvgIpc) is 2.70. The van der Waals surface area contributed by atoms with Gasteiger partial charge in [0.15, 0.2) is 5.11 Å². The minimum atomic E-state index is -0.291. The number of hydrogen-bond acceptors (Lipinski definition) is 4. The lowest BCUT2D eigenvalue weighted by Crippen LogP contribution is -2.34. The van der Waals surface area contributed by atoms with Crippen LogP contribution in [0, 0.1) is 11.8 Å². The van der Waals surface area contributed by atoms with E-state index in [0.29, 0.717) is 36.4 Å². The van der Waals surface area contributed by atoms with Crippen molar-refractivity contribution in [2.75, 3.05) is 18.5 Å². The van der Waals surface area contributed by atoms with Gasteiger partial charge in [-0.1, -0.05) is 27.7 Å². The van der Waals surface area contributed by atoms with Gasteiger partial charge in [0.1, 0.15) is 11.5 Å². The maximum atomic E-state index is 12.5. The molecule has 0 atom stereocenters. The van der Waals surface area contributed by atoms with Gasteiger partial charge in [0, 0.05) is 11.3 Å².